The Morgan fingerprint density at radius 1 is 1.32 bits per heavy atom. The molecule has 7 heteroatoms. The third-order valence-corrected chi connectivity index (χ3v) is 3.18. The van der Waals surface area contributed by atoms with E-state index in [1.54, 1.807) is 19.1 Å². The summed E-state index contributed by atoms with van der Waals surface area (Å²) in [6.45, 7) is 1.67. The number of nitrogens with one attached hydrogen (secondary N) is 1. The van der Waals surface area contributed by atoms with Crippen LogP contribution in [0.1, 0.15) is 5.56 Å². The van der Waals surface area contributed by atoms with E-state index in [-0.39, 0.29) is 28.7 Å². The fourth-order valence-corrected chi connectivity index (χ4v) is 1.92. The van der Waals surface area contributed by atoms with Crippen molar-refractivity contribution in [3.8, 4) is 28.7 Å². The zero-order valence-corrected chi connectivity index (χ0v) is 11.9. The first kappa shape index (κ1) is 14.0. The van der Waals surface area contributed by atoms with E-state index in [0.717, 1.165) is 0 Å². The molecule has 0 spiro atoms. The lowest BCUT2D eigenvalue weighted by molar-refractivity contribution is 0.408. The average molecular weight is 301 g/mol. The van der Waals surface area contributed by atoms with Crippen LogP contribution in [-0.2, 0) is 0 Å². The third kappa shape index (κ3) is 2.48. The van der Waals surface area contributed by atoms with E-state index in [1.165, 1.54) is 25.4 Å². The first-order chi connectivity index (χ1) is 10.6. The van der Waals surface area contributed by atoms with Crippen molar-refractivity contribution >= 4 is 0 Å². The quantitative estimate of drug-likeness (QED) is 0.804. The first-order valence-electron chi connectivity index (χ1n) is 6.46. The Bertz CT molecular complexity index is 886. The maximum Gasteiger partial charge on any atom is 0.274 e. The maximum atomic E-state index is 13.6. The van der Waals surface area contributed by atoms with Gasteiger partial charge in [-0.2, -0.15) is 4.98 Å². The predicted octanol–water partition coefficient (Wildman–Crippen LogP) is 2.55. The average Bonchev–Trinajstić information content (AvgIpc) is 3.00. The Kier molecular flexibility index (Phi) is 3.46. The molecule has 1 N–H and O–H groups in total. The minimum atomic E-state index is -0.346. The molecule has 0 bridgehead atoms. The topological polar surface area (TPSA) is 81.0 Å². The molecule has 3 rings (SSSR count). The van der Waals surface area contributed by atoms with Crippen molar-refractivity contribution in [2.24, 2.45) is 0 Å². The van der Waals surface area contributed by atoms with Gasteiger partial charge in [-0.15, -0.1) is 0 Å². The van der Waals surface area contributed by atoms with Crippen molar-refractivity contribution in [3.63, 3.8) is 0 Å². The summed E-state index contributed by atoms with van der Waals surface area (Å²) in [5.74, 6) is 0.215. The largest absolute Gasteiger partial charge is 0.491 e. The number of hydrogen-bond acceptors (Lipinski definition) is 5. The van der Waals surface area contributed by atoms with Gasteiger partial charge in [0.1, 0.15) is 11.5 Å². The van der Waals surface area contributed by atoms with Crippen LogP contribution in [0.15, 0.2) is 39.8 Å². The van der Waals surface area contributed by atoms with Gasteiger partial charge in [0.15, 0.2) is 5.75 Å². The molecule has 22 heavy (non-hydrogen) atoms. The molecule has 0 saturated heterocycles. The first-order valence-corrected chi connectivity index (χ1v) is 6.46. The minimum Gasteiger partial charge on any atom is -0.491 e. The Morgan fingerprint density at radius 2 is 2.14 bits per heavy atom. The van der Waals surface area contributed by atoms with Crippen LogP contribution in [0.25, 0.3) is 23.0 Å². The number of ether oxygens (including phenoxy) is 1. The van der Waals surface area contributed by atoms with Gasteiger partial charge in [-0.1, -0.05) is 17.3 Å². The Balaban J connectivity index is 1.98. The van der Waals surface area contributed by atoms with Crippen molar-refractivity contribution < 1.29 is 13.7 Å². The standard InChI is InChI=1S/C15H12FN3O3/c1-8-3-4-9(5-10(8)16)14-18-15(22-19-14)11-6-12(20)13(21-2)7-17-11/h3-7H,1-2H3,(H,17,20). The summed E-state index contributed by atoms with van der Waals surface area (Å²) in [4.78, 5) is 18.7. The van der Waals surface area contributed by atoms with E-state index in [4.69, 9.17) is 9.26 Å². The lowest BCUT2D eigenvalue weighted by Gasteiger charge is -1.99. The van der Waals surface area contributed by atoms with Crippen LogP contribution < -0.4 is 10.2 Å². The van der Waals surface area contributed by atoms with E-state index in [9.17, 15) is 9.18 Å². The third-order valence-electron chi connectivity index (χ3n) is 3.18. The van der Waals surface area contributed by atoms with Crippen molar-refractivity contribution in [1.29, 1.82) is 0 Å². The van der Waals surface area contributed by atoms with Gasteiger partial charge in [0.2, 0.25) is 11.3 Å². The predicted molar refractivity (Wildman–Crippen MR) is 77.0 cm³/mol. The highest BCUT2D eigenvalue weighted by Gasteiger charge is 2.13. The van der Waals surface area contributed by atoms with Gasteiger partial charge in [0, 0.05) is 17.8 Å². The van der Waals surface area contributed by atoms with Gasteiger partial charge >= 0.3 is 0 Å². The summed E-state index contributed by atoms with van der Waals surface area (Å²) in [7, 11) is 1.40. The smallest absolute Gasteiger partial charge is 0.274 e. The van der Waals surface area contributed by atoms with Gasteiger partial charge in [0.05, 0.1) is 7.11 Å². The number of rotatable bonds is 3. The second-order valence-corrected chi connectivity index (χ2v) is 4.67. The molecule has 0 atom stereocenters. The molecule has 0 saturated carbocycles. The van der Waals surface area contributed by atoms with Gasteiger partial charge in [-0.25, -0.2) is 4.39 Å². The molecule has 0 aliphatic rings. The monoisotopic (exact) mass is 301 g/mol. The molecule has 0 unspecified atom stereocenters. The van der Waals surface area contributed by atoms with Gasteiger partial charge in [0.25, 0.3) is 5.89 Å². The number of pyridine rings is 1. The maximum absolute atomic E-state index is 13.6. The number of methoxy groups -OCH3 is 1. The summed E-state index contributed by atoms with van der Waals surface area (Å²) in [5.41, 5.74) is 1.08. The zero-order valence-electron chi connectivity index (χ0n) is 11.9. The highest BCUT2D eigenvalue weighted by Crippen LogP contribution is 2.22. The number of nitrogens with zero attached hydrogens (tertiary/aromatic N) is 2. The number of aromatic amines is 1. The van der Waals surface area contributed by atoms with Crippen LogP contribution in [0, 0.1) is 12.7 Å². The van der Waals surface area contributed by atoms with E-state index in [2.05, 4.69) is 15.1 Å². The summed E-state index contributed by atoms with van der Waals surface area (Å²) in [5, 5.41) is 3.80. The van der Waals surface area contributed by atoms with E-state index >= 15 is 0 Å². The van der Waals surface area contributed by atoms with Crippen LogP contribution in [0.2, 0.25) is 0 Å². The molecule has 2 aromatic heterocycles. The van der Waals surface area contributed by atoms with Crippen molar-refractivity contribution in [2.45, 2.75) is 6.92 Å². The fraction of sp³-hybridized carbons (Fsp3) is 0.133. The summed E-state index contributed by atoms with van der Waals surface area (Å²) in [6.07, 6.45) is 1.41. The molecular weight excluding hydrogens is 289 g/mol. The molecule has 0 aliphatic heterocycles. The highest BCUT2D eigenvalue weighted by atomic mass is 19.1. The molecule has 0 radical (unpaired) electrons. The van der Waals surface area contributed by atoms with Crippen LogP contribution in [-0.4, -0.2) is 22.2 Å². The number of aryl methyl sites for hydroxylation is 1. The number of halogens is 1. The van der Waals surface area contributed by atoms with E-state index in [1.807, 2.05) is 0 Å². The fourth-order valence-electron chi connectivity index (χ4n) is 1.92. The highest BCUT2D eigenvalue weighted by molar-refractivity contribution is 5.58. The van der Waals surface area contributed by atoms with Crippen molar-refractivity contribution in [2.75, 3.05) is 7.11 Å². The molecule has 1 aromatic carbocycles. The summed E-state index contributed by atoms with van der Waals surface area (Å²) in [6, 6.07) is 5.96. The Morgan fingerprint density at radius 3 is 2.82 bits per heavy atom. The van der Waals surface area contributed by atoms with Crippen molar-refractivity contribution in [3.05, 3.63) is 52.1 Å². The second kappa shape index (κ2) is 5.44. The lowest BCUT2D eigenvalue weighted by atomic mass is 10.1. The zero-order chi connectivity index (χ0) is 15.7. The lowest BCUT2D eigenvalue weighted by Crippen LogP contribution is -2.05. The van der Waals surface area contributed by atoms with Crippen LogP contribution in [0.3, 0.4) is 0 Å². The summed E-state index contributed by atoms with van der Waals surface area (Å²) >= 11 is 0. The SMILES string of the molecule is COc1c[nH]c(-c2nc(-c3ccc(C)c(F)c3)no2)cc1=O. The molecule has 0 amide bonds. The number of aromatic nitrogens is 3. The second-order valence-electron chi connectivity index (χ2n) is 4.67. The number of benzene rings is 1. The number of H-pyrrole nitrogens is 1. The van der Waals surface area contributed by atoms with Crippen LogP contribution in [0.5, 0.6) is 5.75 Å². The minimum absolute atomic E-state index is 0.135. The van der Waals surface area contributed by atoms with Crippen LogP contribution in [0.4, 0.5) is 4.39 Å². The Labute approximate surface area is 124 Å². The molecule has 6 nitrogen and oxygen atoms in total. The van der Waals surface area contributed by atoms with Gasteiger partial charge < -0.3 is 14.2 Å². The van der Waals surface area contributed by atoms with Gasteiger partial charge in [-0.3, -0.25) is 4.79 Å². The van der Waals surface area contributed by atoms with Crippen LogP contribution >= 0.6 is 0 Å². The van der Waals surface area contributed by atoms with E-state index in [0.29, 0.717) is 16.8 Å². The summed E-state index contributed by atoms with van der Waals surface area (Å²) < 4.78 is 23.6. The Hall–Kier alpha value is -2.96. The van der Waals surface area contributed by atoms with Crippen molar-refractivity contribution in [1.82, 2.24) is 15.1 Å². The molecular formula is C15H12FN3O3. The molecule has 3 aromatic rings. The van der Waals surface area contributed by atoms with Gasteiger partial charge in [-0.05, 0) is 18.6 Å². The van der Waals surface area contributed by atoms with E-state index < -0.39 is 0 Å². The molecule has 0 aliphatic carbocycles. The normalized spacial score (nSPS) is 10.7. The number of hydrogen-bond donors (Lipinski definition) is 1. The molecule has 2 heterocycles. The molecule has 0 fully saturated rings. The molecule has 112 valence electrons.